The summed E-state index contributed by atoms with van der Waals surface area (Å²) in [7, 11) is 0. The number of hydrogen-bond donors (Lipinski definition) is 0. The summed E-state index contributed by atoms with van der Waals surface area (Å²) in [6.07, 6.45) is 1.71. The van der Waals surface area contributed by atoms with Crippen LogP contribution in [0, 0.1) is 11.3 Å². The van der Waals surface area contributed by atoms with E-state index in [1.807, 2.05) is 30.3 Å². The fourth-order valence-corrected chi connectivity index (χ4v) is 2.66. The maximum atomic E-state index is 12.1. The maximum Gasteiger partial charge on any atom is 0.437 e. The second-order valence-electron chi connectivity index (χ2n) is 5.52. The molecule has 2 heterocycles. The van der Waals surface area contributed by atoms with Gasteiger partial charge in [0.05, 0.1) is 23.7 Å². The fraction of sp³-hybridized carbons (Fsp3) is 0.0526. The smallest absolute Gasteiger partial charge is 0.388 e. The second-order valence-corrected chi connectivity index (χ2v) is 5.52. The molecule has 0 atom stereocenters. The van der Waals surface area contributed by atoms with Crippen LogP contribution in [0.2, 0.25) is 0 Å². The lowest BCUT2D eigenvalue weighted by molar-refractivity contribution is 0.495. The van der Waals surface area contributed by atoms with Gasteiger partial charge in [0.15, 0.2) is 0 Å². The molecule has 2 aromatic carbocycles. The molecule has 0 radical (unpaired) electrons. The zero-order valence-corrected chi connectivity index (χ0v) is 13.1. The van der Waals surface area contributed by atoms with E-state index in [9.17, 15) is 4.79 Å². The minimum atomic E-state index is -0.528. The fourth-order valence-electron chi connectivity index (χ4n) is 2.66. The van der Waals surface area contributed by atoms with Gasteiger partial charge in [-0.25, -0.2) is 4.79 Å². The summed E-state index contributed by atoms with van der Waals surface area (Å²) in [5.41, 5.74) is 2.96. The summed E-state index contributed by atoms with van der Waals surface area (Å²) in [5.74, 6) is -0.266. The predicted molar refractivity (Wildman–Crippen MR) is 91.8 cm³/mol. The van der Waals surface area contributed by atoms with Crippen molar-refractivity contribution in [1.82, 2.24) is 14.8 Å². The molecule has 2 aromatic heterocycles. The van der Waals surface area contributed by atoms with Crippen LogP contribution in [0.15, 0.2) is 70.0 Å². The average molecular weight is 328 g/mol. The Labute approximate surface area is 142 Å². The van der Waals surface area contributed by atoms with E-state index in [2.05, 4.69) is 16.2 Å². The largest absolute Gasteiger partial charge is 0.437 e. The van der Waals surface area contributed by atoms with Gasteiger partial charge >= 0.3 is 5.76 Å². The van der Waals surface area contributed by atoms with E-state index in [1.54, 1.807) is 30.5 Å². The molecule has 0 unspecified atom stereocenters. The lowest BCUT2D eigenvalue weighted by Gasteiger charge is -2.01. The van der Waals surface area contributed by atoms with Crippen molar-refractivity contribution < 1.29 is 4.42 Å². The van der Waals surface area contributed by atoms with E-state index >= 15 is 0 Å². The number of nitriles is 1. The topological polar surface area (TPSA) is 84.7 Å². The number of fused-ring (bicyclic) bond motifs is 1. The zero-order chi connectivity index (χ0) is 17.2. The average Bonchev–Trinajstić information content (AvgIpc) is 3.02. The molecular weight excluding hydrogens is 316 g/mol. The van der Waals surface area contributed by atoms with E-state index in [1.165, 1.54) is 4.68 Å². The summed E-state index contributed by atoms with van der Waals surface area (Å²) in [4.78, 5) is 16.4. The molecule has 0 N–H and O–H groups in total. The number of hydrogen-bond acceptors (Lipinski definition) is 5. The van der Waals surface area contributed by atoms with Crippen LogP contribution in [0.1, 0.15) is 11.1 Å². The monoisotopic (exact) mass is 328 g/mol. The molecule has 0 saturated heterocycles. The van der Waals surface area contributed by atoms with Crippen LogP contribution in [0.3, 0.4) is 0 Å². The minimum absolute atomic E-state index is 0.261. The van der Waals surface area contributed by atoms with E-state index in [4.69, 9.17) is 9.68 Å². The van der Waals surface area contributed by atoms with Crippen molar-refractivity contribution in [2.24, 2.45) is 0 Å². The highest BCUT2D eigenvalue weighted by molar-refractivity contribution is 5.92. The molecule has 0 fully saturated rings. The zero-order valence-electron chi connectivity index (χ0n) is 13.1. The number of pyridine rings is 1. The van der Waals surface area contributed by atoms with Crippen molar-refractivity contribution in [2.45, 2.75) is 6.54 Å². The van der Waals surface area contributed by atoms with Crippen LogP contribution in [0.5, 0.6) is 0 Å². The van der Waals surface area contributed by atoms with E-state index in [0.717, 1.165) is 22.0 Å². The highest BCUT2D eigenvalue weighted by Gasteiger charge is 2.13. The Morgan fingerprint density at radius 3 is 2.72 bits per heavy atom. The third kappa shape index (κ3) is 2.79. The molecule has 0 aliphatic rings. The maximum absolute atomic E-state index is 12.1. The third-order valence-corrected chi connectivity index (χ3v) is 3.90. The first-order valence-corrected chi connectivity index (χ1v) is 7.66. The molecule has 25 heavy (non-hydrogen) atoms. The van der Waals surface area contributed by atoms with Gasteiger partial charge in [-0.3, -0.25) is 4.98 Å². The molecule has 0 aliphatic heterocycles. The van der Waals surface area contributed by atoms with Crippen molar-refractivity contribution in [3.63, 3.8) is 0 Å². The van der Waals surface area contributed by atoms with Crippen LogP contribution in [-0.4, -0.2) is 14.8 Å². The van der Waals surface area contributed by atoms with Crippen LogP contribution in [-0.2, 0) is 6.54 Å². The highest BCUT2D eigenvalue weighted by atomic mass is 16.4. The van der Waals surface area contributed by atoms with Crippen molar-refractivity contribution in [1.29, 1.82) is 5.26 Å². The Morgan fingerprint density at radius 2 is 1.92 bits per heavy atom. The van der Waals surface area contributed by atoms with E-state index < -0.39 is 5.76 Å². The van der Waals surface area contributed by atoms with Gasteiger partial charge in [0.1, 0.15) is 0 Å². The summed E-state index contributed by atoms with van der Waals surface area (Å²) in [5, 5.41) is 14.0. The number of aromatic nitrogens is 3. The Bertz CT molecular complexity index is 1150. The molecular formula is C19H12N4O2. The summed E-state index contributed by atoms with van der Waals surface area (Å²) in [6, 6.07) is 18.4. The normalized spacial score (nSPS) is 10.7. The van der Waals surface area contributed by atoms with Crippen LogP contribution in [0.4, 0.5) is 0 Å². The lowest BCUT2D eigenvalue weighted by atomic mass is 10.1. The SMILES string of the molecule is N#Cc1ccc(Cn2nc(-c3cccc4ncccc34)oc2=O)cc1. The first-order chi connectivity index (χ1) is 12.2. The Balaban J connectivity index is 1.72. The quantitative estimate of drug-likeness (QED) is 0.577. The number of nitrogens with zero attached hydrogens (tertiary/aromatic N) is 4. The van der Waals surface area contributed by atoms with Gasteiger partial charge in [0.2, 0.25) is 5.89 Å². The van der Waals surface area contributed by atoms with Gasteiger partial charge in [0.25, 0.3) is 0 Å². The third-order valence-electron chi connectivity index (χ3n) is 3.90. The van der Waals surface area contributed by atoms with Crippen molar-refractivity contribution >= 4 is 10.9 Å². The Morgan fingerprint density at radius 1 is 1.08 bits per heavy atom. The Hall–Kier alpha value is -3.72. The van der Waals surface area contributed by atoms with E-state index in [-0.39, 0.29) is 12.4 Å². The molecule has 4 aromatic rings. The van der Waals surface area contributed by atoms with Crippen LogP contribution in [0.25, 0.3) is 22.4 Å². The predicted octanol–water partition coefficient (Wildman–Crippen LogP) is 2.97. The van der Waals surface area contributed by atoms with Crippen LogP contribution < -0.4 is 5.76 Å². The highest BCUT2D eigenvalue weighted by Crippen LogP contribution is 2.25. The van der Waals surface area contributed by atoms with Crippen molar-refractivity contribution in [3.8, 4) is 17.5 Å². The molecule has 0 bridgehead atoms. The first kappa shape index (κ1) is 14.8. The minimum Gasteiger partial charge on any atom is -0.388 e. The van der Waals surface area contributed by atoms with Crippen molar-refractivity contribution in [2.75, 3.05) is 0 Å². The van der Waals surface area contributed by atoms with Gasteiger partial charge in [-0.1, -0.05) is 24.3 Å². The van der Waals surface area contributed by atoms with Crippen LogP contribution >= 0.6 is 0 Å². The summed E-state index contributed by atoms with van der Waals surface area (Å²) >= 11 is 0. The van der Waals surface area contributed by atoms with E-state index in [0.29, 0.717) is 5.56 Å². The molecule has 6 heteroatoms. The van der Waals surface area contributed by atoms with Gasteiger partial charge in [-0.2, -0.15) is 9.94 Å². The molecule has 4 rings (SSSR count). The lowest BCUT2D eigenvalue weighted by Crippen LogP contribution is -2.16. The molecule has 6 nitrogen and oxygen atoms in total. The van der Waals surface area contributed by atoms with Gasteiger partial charge < -0.3 is 4.42 Å². The molecule has 0 amide bonds. The summed E-state index contributed by atoms with van der Waals surface area (Å²) < 4.78 is 6.61. The van der Waals surface area contributed by atoms with Gasteiger partial charge in [0, 0.05) is 17.1 Å². The second kappa shape index (κ2) is 6.06. The molecule has 0 saturated carbocycles. The first-order valence-electron chi connectivity index (χ1n) is 7.66. The van der Waals surface area contributed by atoms with Gasteiger partial charge in [-0.05, 0) is 35.9 Å². The Kier molecular flexibility index (Phi) is 3.60. The molecule has 0 spiro atoms. The van der Waals surface area contributed by atoms with Crippen molar-refractivity contribution in [3.05, 3.63) is 82.5 Å². The molecule has 120 valence electrons. The summed E-state index contributed by atoms with van der Waals surface area (Å²) in [6.45, 7) is 0.275. The van der Waals surface area contributed by atoms with Gasteiger partial charge in [-0.15, -0.1) is 5.10 Å². The standard InChI is InChI=1S/C19H12N4O2/c20-11-13-6-8-14(9-7-13)12-23-19(24)25-18(22-23)16-3-1-5-17-15(16)4-2-10-21-17/h1-10H,12H2. The number of benzene rings is 2. The number of rotatable bonds is 3. The molecule has 0 aliphatic carbocycles.